The van der Waals surface area contributed by atoms with E-state index >= 15 is 0 Å². The Morgan fingerprint density at radius 2 is 1.59 bits per heavy atom. The number of benzene rings is 1. The first-order valence-corrected chi connectivity index (χ1v) is 7.89. The summed E-state index contributed by atoms with van der Waals surface area (Å²) in [5.41, 5.74) is 1.28. The van der Waals surface area contributed by atoms with E-state index in [1.165, 1.54) is 11.1 Å². The number of rotatable bonds is 2. The Labute approximate surface area is 133 Å². The van der Waals surface area contributed by atoms with Crippen molar-refractivity contribution < 1.29 is 14.0 Å². The molecule has 1 heterocycles. The van der Waals surface area contributed by atoms with Crippen molar-refractivity contribution >= 4 is 13.2 Å². The molecule has 118 valence electrons. The molecule has 0 amide bonds. The molecule has 2 atom stereocenters. The fraction of sp³-hybridized carbons (Fsp3) is 0.556. The van der Waals surface area contributed by atoms with Crippen LogP contribution >= 0.6 is 0 Å². The third kappa shape index (κ3) is 2.25. The Kier molecular flexibility index (Phi) is 3.55. The molecule has 1 aliphatic carbocycles. The second-order valence-electron chi connectivity index (χ2n) is 7.45. The van der Waals surface area contributed by atoms with Crippen LogP contribution in [0.2, 0.25) is 0 Å². The van der Waals surface area contributed by atoms with Crippen LogP contribution in [0.1, 0.15) is 51.6 Å². The number of hydrogen-bond donors (Lipinski definition) is 0. The summed E-state index contributed by atoms with van der Waals surface area (Å²) in [5.74, 6) is -0.000231. The minimum Gasteiger partial charge on any atom is -0.403 e. The molecule has 4 heteroatoms. The standard InChI is InChI=1S/C18H25BO3/c1-16(2)17(3,4)22-19(21-16)15-14-10-8-7-9-13(14)11-12-18(15,5)20-6/h7-12,15H,1-6H3. The summed E-state index contributed by atoms with van der Waals surface area (Å²) in [6.07, 6.45) is 4.24. The van der Waals surface area contributed by atoms with E-state index in [0.29, 0.717) is 0 Å². The molecule has 0 N–H and O–H groups in total. The van der Waals surface area contributed by atoms with Gasteiger partial charge in [-0.3, -0.25) is 0 Å². The van der Waals surface area contributed by atoms with Gasteiger partial charge in [-0.2, -0.15) is 0 Å². The zero-order chi connectivity index (χ0) is 16.2. The SMILES string of the molecule is COC1(C)C=Cc2ccccc2C1B1OC(C)(C)C(C)(C)O1. The summed E-state index contributed by atoms with van der Waals surface area (Å²) in [5, 5.41) is 0. The van der Waals surface area contributed by atoms with E-state index in [9.17, 15) is 0 Å². The topological polar surface area (TPSA) is 27.7 Å². The normalized spacial score (nSPS) is 32.1. The van der Waals surface area contributed by atoms with Gasteiger partial charge in [-0.1, -0.05) is 36.4 Å². The predicted molar refractivity (Wildman–Crippen MR) is 89.7 cm³/mol. The van der Waals surface area contributed by atoms with Gasteiger partial charge in [-0.05, 0) is 45.7 Å². The molecule has 1 saturated heterocycles. The maximum Gasteiger partial charge on any atom is 0.469 e. The van der Waals surface area contributed by atoms with E-state index < -0.39 is 5.60 Å². The fourth-order valence-corrected chi connectivity index (χ4v) is 3.25. The van der Waals surface area contributed by atoms with E-state index in [1.807, 2.05) is 0 Å². The molecule has 0 radical (unpaired) electrons. The zero-order valence-corrected chi connectivity index (χ0v) is 14.3. The summed E-state index contributed by atoms with van der Waals surface area (Å²) in [6.45, 7) is 10.4. The lowest BCUT2D eigenvalue weighted by Gasteiger charge is -2.38. The van der Waals surface area contributed by atoms with Crippen LogP contribution in [0.3, 0.4) is 0 Å². The number of ether oxygens (including phenoxy) is 1. The molecule has 1 aromatic rings. The van der Waals surface area contributed by atoms with Gasteiger partial charge < -0.3 is 14.0 Å². The highest BCUT2D eigenvalue weighted by Crippen LogP contribution is 2.47. The Balaban J connectivity index is 2.06. The van der Waals surface area contributed by atoms with Gasteiger partial charge in [0.1, 0.15) is 0 Å². The van der Waals surface area contributed by atoms with Gasteiger partial charge in [0, 0.05) is 7.11 Å². The van der Waals surface area contributed by atoms with Crippen molar-refractivity contribution in [1.82, 2.24) is 0 Å². The highest BCUT2D eigenvalue weighted by atomic mass is 16.7. The Morgan fingerprint density at radius 1 is 1.00 bits per heavy atom. The van der Waals surface area contributed by atoms with E-state index in [1.54, 1.807) is 7.11 Å². The van der Waals surface area contributed by atoms with Crippen LogP contribution in [0.25, 0.3) is 6.08 Å². The molecule has 3 nitrogen and oxygen atoms in total. The van der Waals surface area contributed by atoms with Crippen molar-refractivity contribution in [3.8, 4) is 0 Å². The highest BCUT2D eigenvalue weighted by molar-refractivity contribution is 6.48. The molecular weight excluding hydrogens is 275 g/mol. The lowest BCUT2D eigenvalue weighted by Crippen LogP contribution is -2.45. The summed E-state index contributed by atoms with van der Waals surface area (Å²) in [4.78, 5) is 0. The first-order chi connectivity index (χ1) is 10.2. The van der Waals surface area contributed by atoms with Crippen molar-refractivity contribution in [2.75, 3.05) is 7.11 Å². The fourth-order valence-electron chi connectivity index (χ4n) is 3.25. The van der Waals surface area contributed by atoms with Gasteiger partial charge >= 0.3 is 7.12 Å². The van der Waals surface area contributed by atoms with Gasteiger partial charge in [0.25, 0.3) is 0 Å². The first-order valence-electron chi connectivity index (χ1n) is 7.89. The smallest absolute Gasteiger partial charge is 0.403 e. The largest absolute Gasteiger partial charge is 0.469 e. The van der Waals surface area contributed by atoms with E-state index in [4.69, 9.17) is 14.0 Å². The van der Waals surface area contributed by atoms with Gasteiger partial charge in [-0.25, -0.2) is 0 Å². The summed E-state index contributed by atoms with van der Waals surface area (Å²) in [6, 6.07) is 8.39. The van der Waals surface area contributed by atoms with Crippen molar-refractivity contribution in [1.29, 1.82) is 0 Å². The first kappa shape index (κ1) is 15.8. The van der Waals surface area contributed by atoms with Crippen LogP contribution in [0.15, 0.2) is 30.3 Å². The molecule has 0 spiro atoms. The molecule has 0 bridgehead atoms. The van der Waals surface area contributed by atoms with Crippen LogP contribution in [0.5, 0.6) is 0 Å². The molecule has 2 aliphatic rings. The Bertz CT molecular complexity index is 592. The van der Waals surface area contributed by atoms with Crippen molar-refractivity contribution in [3.05, 3.63) is 41.5 Å². The average Bonchev–Trinajstić information content (AvgIpc) is 2.66. The molecule has 0 saturated carbocycles. The highest BCUT2D eigenvalue weighted by Gasteiger charge is 2.58. The van der Waals surface area contributed by atoms with E-state index in [0.717, 1.165) is 0 Å². The van der Waals surface area contributed by atoms with Gasteiger partial charge in [-0.15, -0.1) is 0 Å². The van der Waals surface area contributed by atoms with Crippen LogP contribution in [0.4, 0.5) is 0 Å². The summed E-state index contributed by atoms with van der Waals surface area (Å²) < 4.78 is 18.5. The molecule has 2 unspecified atom stereocenters. The minimum absolute atomic E-state index is 0.000231. The van der Waals surface area contributed by atoms with E-state index in [2.05, 4.69) is 71.0 Å². The molecule has 1 fully saturated rings. The Hall–Kier alpha value is -1.10. The molecule has 22 heavy (non-hydrogen) atoms. The number of methoxy groups -OCH3 is 1. The predicted octanol–water partition coefficient (Wildman–Crippen LogP) is 3.83. The third-order valence-corrected chi connectivity index (χ3v) is 5.53. The maximum absolute atomic E-state index is 6.32. The molecule has 1 aliphatic heterocycles. The van der Waals surface area contributed by atoms with Gasteiger partial charge in [0.05, 0.1) is 22.6 Å². The molecule has 0 aromatic heterocycles. The van der Waals surface area contributed by atoms with Crippen LogP contribution in [-0.2, 0) is 14.0 Å². The Morgan fingerprint density at radius 3 is 2.18 bits per heavy atom. The number of fused-ring (bicyclic) bond motifs is 1. The second kappa shape index (κ2) is 4.95. The monoisotopic (exact) mass is 300 g/mol. The van der Waals surface area contributed by atoms with Gasteiger partial charge in [0.2, 0.25) is 0 Å². The van der Waals surface area contributed by atoms with Crippen molar-refractivity contribution in [2.45, 2.75) is 57.2 Å². The van der Waals surface area contributed by atoms with Crippen molar-refractivity contribution in [2.24, 2.45) is 0 Å². The average molecular weight is 300 g/mol. The maximum atomic E-state index is 6.32. The van der Waals surface area contributed by atoms with Crippen molar-refractivity contribution in [3.63, 3.8) is 0 Å². The minimum atomic E-state index is -0.449. The molecule has 3 rings (SSSR count). The van der Waals surface area contributed by atoms with Crippen LogP contribution in [0, 0.1) is 0 Å². The lowest BCUT2D eigenvalue weighted by atomic mass is 9.57. The quantitative estimate of drug-likeness (QED) is 0.777. The zero-order valence-electron chi connectivity index (χ0n) is 14.3. The second-order valence-corrected chi connectivity index (χ2v) is 7.45. The summed E-state index contributed by atoms with van der Waals surface area (Å²) >= 11 is 0. The van der Waals surface area contributed by atoms with E-state index in [-0.39, 0.29) is 24.1 Å². The summed E-state index contributed by atoms with van der Waals surface area (Å²) in [7, 11) is 1.41. The lowest BCUT2D eigenvalue weighted by molar-refractivity contribution is 0.00578. The number of hydrogen-bond acceptors (Lipinski definition) is 3. The van der Waals surface area contributed by atoms with Crippen LogP contribution in [-0.4, -0.2) is 31.0 Å². The molecular formula is C18H25BO3. The third-order valence-electron chi connectivity index (χ3n) is 5.53. The van der Waals surface area contributed by atoms with Gasteiger partial charge in [0.15, 0.2) is 0 Å². The van der Waals surface area contributed by atoms with Crippen LogP contribution < -0.4 is 0 Å². The molecule has 1 aromatic carbocycles.